The van der Waals surface area contributed by atoms with E-state index < -0.39 is 5.41 Å². The second-order valence-electron chi connectivity index (χ2n) is 14.1. The summed E-state index contributed by atoms with van der Waals surface area (Å²) >= 11 is 0. The van der Waals surface area contributed by atoms with Gasteiger partial charge in [0.15, 0.2) is 5.82 Å². The molecule has 2 aromatic carbocycles. The Kier molecular flexibility index (Phi) is 8.30. The lowest BCUT2D eigenvalue weighted by molar-refractivity contribution is -0.132. The number of benzene rings is 2. The van der Waals surface area contributed by atoms with Crippen molar-refractivity contribution in [3.63, 3.8) is 0 Å². The van der Waals surface area contributed by atoms with Crippen molar-refractivity contribution in [3.8, 4) is 17.3 Å². The monoisotopic (exact) mass is 670 g/mol. The number of anilines is 1. The third-order valence-electron chi connectivity index (χ3n) is 10.4. The van der Waals surface area contributed by atoms with Gasteiger partial charge in [-0.05, 0) is 74.6 Å². The molecule has 1 atom stereocenters. The van der Waals surface area contributed by atoms with E-state index >= 15 is 0 Å². The Bertz CT molecular complexity index is 2000. The number of fused-ring (bicyclic) bond motifs is 1. The van der Waals surface area contributed by atoms with Crippen LogP contribution >= 0.6 is 0 Å². The number of carbonyl (C=O) groups is 2. The van der Waals surface area contributed by atoms with Crippen molar-refractivity contribution < 1.29 is 14.3 Å². The lowest BCUT2D eigenvalue weighted by atomic mass is 9.85. The second kappa shape index (κ2) is 12.9. The second-order valence-corrected chi connectivity index (χ2v) is 14.1. The zero-order chi connectivity index (χ0) is 34.4. The van der Waals surface area contributed by atoms with Crippen molar-refractivity contribution in [3.05, 3.63) is 95.5 Å². The Balaban J connectivity index is 0.876. The van der Waals surface area contributed by atoms with Crippen LogP contribution in [0.1, 0.15) is 55.4 Å². The highest BCUT2D eigenvalue weighted by Gasteiger charge is 2.51. The largest absolute Gasteiger partial charge is 0.475 e. The number of hydrogen-bond donors (Lipinski definition) is 0. The van der Waals surface area contributed by atoms with E-state index in [0.717, 1.165) is 65.0 Å². The van der Waals surface area contributed by atoms with Gasteiger partial charge in [-0.2, -0.15) is 5.10 Å². The summed E-state index contributed by atoms with van der Waals surface area (Å²) in [6, 6.07) is 18.4. The third kappa shape index (κ3) is 6.10. The summed E-state index contributed by atoms with van der Waals surface area (Å²) in [4.78, 5) is 47.1. The topological polar surface area (TPSA) is 109 Å². The lowest BCUT2D eigenvalue weighted by Crippen LogP contribution is -2.43. The molecule has 2 amide bonds. The Morgan fingerprint density at radius 2 is 1.76 bits per heavy atom. The molecule has 4 aromatic rings. The van der Waals surface area contributed by atoms with Gasteiger partial charge in [-0.3, -0.25) is 24.2 Å². The van der Waals surface area contributed by atoms with Crippen LogP contribution in [0, 0.1) is 5.41 Å². The molecular weight excluding hydrogens is 628 g/mol. The van der Waals surface area contributed by atoms with Crippen LogP contribution in [0.15, 0.2) is 78.2 Å². The molecule has 0 radical (unpaired) electrons. The summed E-state index contributed by atoms with van der Waals surface area (Å²) < 4.78 is 7.41. The van der Waals surface area contributed by atoms with Crippen molar-refractivity contribution in [1.29, 1.82) is 0 Å². The minimum Gasteiger partial charge on any atom is -0.475 e. The van der Waals surface area contributed by atoms with E-state index in [4.69, 9.17) is 9.73 Å². The van der Waals surface area contributed by atoms with Crippen molar-refractivity contribution >= 4 is 28.8 Å². The number of aliphatic imine (C=N–C) groups is 1. The predicted octanol–water partition coefficient (Wildman–Crippen LogP) is 4.76. The van der Waals surface area contributed by atoms with Gasteiger partial charge in [0.25, 0.3) is 0 Å². The molecule has 0 aliphatic carbocycles. The molecule has 2 saturated heterocycles. The fourth-order valence-electron chi connectivity index (χ4n) is 7.71. The lowest BCUT2D eigenvalue weighted by Gasteiger charge is -2.29. The highest BCUT2D eigenvalue weighted by atomic mass is 16.5. The molecule has 11 heteroatoms. The van der Waals surface area contributed by atoms with E-state index in [0.29, 0.717) is 51.0 Å². The van der Waals surface area contributed by atoms with E-state index in [2.05, 4.69) is 62.4 Å². The normalized spacial score (nSPS) is 20.5. The number of aromatic nitrogens is 4. The molecule has 50 heavy (non-hydrogen) atoms. The van der Waals surface area contributed by atoms with Crippen molar-refractivity contribution in [2.75, 3.05) is 44.2 Å². The molecule has 8 rings (SSSR count). The van der Waals surface area contributed by atoms with Gasteiger partial charge in [-0.1, -0.05) is 36.4 Å². The molecule has 1 spiro atoms. The molecule has 4 aliphatic heterocycles. The zero-order valence-electron chi connectivity index (χ0n) is 28.9. The van der Waals surface area contributed by atoms with Crippen molar-refractivity contribution in [2.45, 2.75) is 45.8 Å². The van der Waals surface area contributed by atoms with Gasteiger partial charge in [-0.25, -0.2) is 9.97 Å². The number of nitrogens with zero attached hydrogens (tertiary/aromatic N) is 8. The molecule has 4 aliphatic rings. The number of rotatable bonds is 8. The molecule has 11 nitrogen and oxygen atoms in total. The predicted molar refractivity (Wildman–Crippen MR) is 192 cm³/mol. The Morgan fingerprint density at radius 1 is 0.960 bits per heavy atom. The minimum atomic E-state index is -0.446. The summed E-state index contributed by atoms with van der Waals surface area (Å²) in [7, 11) is 1.86. The van der Waals surface area contributed by atoms with Gasteiger partial charge < -0.3 is 14.5 Å². The van der Waals surface area contributed by atoms with Gasteiger partial charge in [-0.15, -0.1) is 0 Å². The van der Waals surface area contributed by atoms with E-state index in [-0.39, 0.29) is 17.9 Å². The summed E-state index contributed by atoms with van der Waals surface area (Å²) in [6.45, 7) is 8.25. The first kappa shape index (κ1) is 32.1. The summed E-state index contributed by atoms with van der Waals surface area (Å²) in [5.41, 5.74) is 7.89. The van der Waals surface area contributed by atoms with Gasteiger partial charge in [0.2, 0.25) is 17.7 Å². The Labute approximate surface area is 292 Å². The standard InChI is InChI=1S/C39H42N8O3/c1-26(2)50-34-11-9-31(22-40-34)36-33-20-32(10-8-30(33)21-41-36)47-19-15-39(38(47)49)14-18-45(24-39)23-35(48)46-16-12-28(13-17-46)27-4-6-29(7-5-27)37-42-25-44(3)43-37/h4-12,20,22,25-26H,13-19,21,23-24H2,1-3H3/t39-/m0/s1. The minimum absolute atomic E-state index is 0.0578. The molecule has 2 fully saturated rings. The molecule has 6 heterocycles. The number of likely N-dealkylation sites (tertiary alicyclic amines) is 1. The Hall–Kier alpha value is -5.16. The van der Waals surface area contributed by atoms with Crippen molar-refractivity contribution in [1.82, 2.24) is 29.5 Å². The van der Waals surface area contributed by atoms with Crippen LogP contribution in [-0.2, 0) is 23.2 Å². The van der Waals surface area contributed by atoms with Crippen LogP contribution in [-0.4, -0.2) is 92.4 Å². The molecular formula is C39H42N8O3. The summed E-state index contributed by atoms with van der Waals surface area (Å²) in [5.74, 6) is 1.59. The molecule has 0 N–H and O–H groups in total. The SMILES string of the molecule is CC(C)Oc1ccc(C2=NCc3ccc(N4CC[C@]5(CCN(CC(=O)N6CC=C(c7ccc(-c8ncn(C)n8)cc7)CC6)C5)C4=O)cc32)cn1. The van der Waals surface area contributed by atoms with Gasteiger partial charge in [0.1, 0.15) is 6.33 Å². The molecule has 0 saturated carbocycles. The maximum Gasteiger partial charge on any atom is 0.237 e. The summed E-state index contributed by atoms with van der Waals surface area (Å²) in [6.07, 6.45) is 8.11. The zero-order valence-corrected chi connectivity index (χ0v) is 28.9. The number of amides is 2. The van der Waals surface area contributed by atoms with Gasteiger partial charge in [0, 0.05) is 67.9 Å². The molecule has 2 aromatic heterocycles. The fraction of sp³-hybridized carbons (Fsp3) is 0.385. The molecule has 256 valence electrons. The first-order chi connectivity index (χ1) is 24.2. The van der Waals surface area contributed by atoms with Crippen LogP contribution in [0.5, 0.6) is 5.88 Å². The van der Waals surface area contributed by atoms with Gasteiger partial charge in [0.05, 0.1) is 30.3 Å². The average Bonchev–Trinajstić information content (AvgIpc) is 3.92. The quantitative estimate of drug-likeness (QED) is 0.266. The van der Waals surface area contributed by atoms with Gasteiger partial charge >= 0.3 is 0 Å². The first-order valence-corrected chi connectivity index (χ1v) is 17.5. The average molecular weight is 671 g/mol. The molecule has 0 unspecified atom stereocenters. The van der Waals surface area contributed by atoms with Crippen LogP contribution in [0.2, 0.25) is 0 Å². The van der Waals surface area contributed by atoms with E-state index in [1.807, 2.05) is 55.1 Å². The van der Waals surface area contributed by atoms with Crippen LogP contribution in [0.4, 0.5) is 5.69 Å². The van der Waals surface area contributed by atoms with E-state index in [1.165, 1.54) is 5.57 Å². The van der Waals surface area contributed by atoms with Crippen molar-refractivity contribution in [2.24, 2.45) is 17.5 Å². The number of carbonyl (C=O) groups excluding carboxylic acids is 2. The maximum absolute atomic E-state index is 14.0. The summed E-state index contributed by atoms with van der Waals surface area (Å²) in [5, 5.41) is 4.38. The Morgan fingerprint density at radius 3 is 2.48 bits per heavy atom. The smallest absolute Gasteiger partial charge is 0.237 e. The number of hydrogen-bond acceptors (Lipinski definition) is 8. The molecule has 0 bridgehead atoms. The fourth-order valence-corrected chi connectivity index (χ4v) is 7.71. The highest BCUT2D eigenvalue weighted by Crippen LogP contribution is 2.43. The highest BCUT2D eigenvalue weighted by molar-refractivity contribution is 6.16. The number of ether oxygens (including phenoxy) is 1. The van der Waals surface area contributed by atoms with Crippen LogP contribution in [0.3, 0.4) is 0 Å². The van der Waals surface area contributed by atoms with E-state index in [9.17, 15) is 9.59 Å². The third-order valence-corrected chi connectivity index (χ3v) is 10.4. The number of pyridine rings is 1. The van der Waals surface area contributed by atoms with E-state index in [1.54, 1.807) is 11.0 Å². The number of aryl methyl sites for hydroxylation is 1. The maximum atomic E-state index is 14.0. The van der Waals surface area contributed by atoms with Crippen LogP contribution < -0.4 is 9.64 Å². The first-order valence-electron chi connectivity index (χ1n) is 17.5. The van der Waals surface area contributed by atoms with Crippen LogP contribution in [0.25, 0.3) is 17.0 Å².